The SMILES string of the molecule is CON(C)S(=O)(=O)c1ccc(NC(=O)Cc2c(C)nc3cc(=O)[nH]n3c2C)cc1. The summed E-state index contributed by atoms with van der Waals surface area (Å²) >= 11 is 0. The maximum Gasteiger partial charge on any atom is 0.266 e. The van der Waals surface area contributed by atoms with Crippen LogP contribution in [0.25, 0.3) is 5.65 Å². The molecule has 0 unspecified atom stereocenters. The van der Waals surface area contributed by atoms with Gasteiger partial charge in [0.25, 0.3) is 15.6 Å². The molecule has 3 rings (SSSR count). The molecule has 154 valence electrons. The number of carbonyl (C=O) groups is 1. The van der Waals surface area contributed by atoms with Gasteiger partial charge in [-0.15, -0.1) is 0 Å². The predicted molar refractivity (Wildman–Crippen MR) is 106 cm³/mol. The number of anilines is 1. The Balaban J connectivity index is 1.78. The summed E-state index contributed by atoms with van der Waals surface area (Å²) in [5.74, 6) is -0.295. The Bertz CT molecular complexity index is 1230. The van der Waals surface area contributed by atoms with Crippen molar-refractivity contribution in [3.8, 4) is 0 Å². The van der Waals surface area contributed by atoms with Crippen LogP contribution >= 0.6 is 0 Å². The number of carbonyl (C=O) groups excluding carboxylic acids is 1. The number of hydrogen-bond donors (Lipinski definition) is 2. The van der Waals surface area contributed by atoms with Crippen LogP contribution in [0.15, 0.2) is 40.0 Å². The molecular formula is C18H21N5O5S. The van der Waals surface area contributed by atoms with E-state index in [1.54, 1.807) is 18.4 Å². The molecule has 0 aliphatic rings. The van der Waals surface area contributed by atoms with Crippen LogP contribution < -0.4 is 10.9 Å². The number of sulfonamides is 1. The lowest BCUT2D eigenvalue weighted by molar-refractivity contribution is -0.115. The molecule has 2 heterocycles. The number of fused-ring (bicyclic) bond motifs is 1. The number of aromatic nitrogens is 3. The van der Waals surface area contributed by atoms with Crippen molar-refractivity contribution in [1.82, 2.24) is 19.1 Å². The molecule has 29 heavy (non-hydrogen) atoms. The second-order valence-corrected chi connectivity index (χ2v) is 8.36. The number of hydrogen-bond acceptors (Lipinski definition) is 6. The molecule has 0 aliphatic carbocycles. The first-order valence-electron chi connectivity index (χ1n) is 8.64. The lowest BCUT2D eigenvalue weighted by atomic mass is 10.1. The standard InChI is InChI=1S/C18H21N5O5S/c1-11-15(12(2)23-16(19-11)10-18(25)21-23)9-17(24)20-13-5-7-14(8-6-13)29(26,27)22(3)28-4/h5-8,10H,9H2,1-4H3,(H,20,24)(H,21,25). The molecule has 0 bridgehead atoms. The molecular weight excluding hydrogens is 398 g/mol. The van der Waals surface area contributed by atoms with Crippen LogP contribution in [-0.4, -0.2) is 47.5 Å². The molecule has 0 fully saturated rings. The highest BCUT2D eigenvalue weighted by atomic mass is 32.2. The zero-order chi connectivity index (χ0) is 21.3. The smallest absolute Gasteiger partial charge is 0.266 e. The second kappa shape index (κ2) is 7.78. The Morgan fingerprint density at radius 1 is 1.28 bits per heavy atom. The van der Waals surface area contributed by atoms with E-state index in [9.17, 15) is 18.0 Å². The first kappa shape index (κ1) is 20.7. The number of aromatic amines is 1. The van der Waals surface area contributed by atoms with Crippen LogP contribution in [0.2, 0.25) is 0 Å². The molecule has 0 atom stereocenters. The highest BCUT2D eigenvalue weighted by Gasteiger charge is 2.20. The molecule has 11 heteroatoms. The maximum atomic E-state index is 12.5. The fourth-order valence-corrected chi connectivity index (χ4v) is 3.91. The minimum Gasteiger partial charge on any atom is -0.326 e. The monoisotopic (exact) mass is 419 g/mol. The second-order valence-electron chi connectivity index (χ2n) is 6.42. The van der Waals surface area contributed by atoms with E-state index < -0.39 is 10.0 Å². The third-order valence-corrected chi connectivity index (χ3v) is 6.27. The van der Waals surface area contributed by atoms with Gasteiger partial charge < -0.3 is 5.32 Å². The van der Waals surface area contributed by atoms with Gasteiger partial charge in [-0.05, 0) is 38.1 Å². The van der Waals surface area contributed by atoms with E-state index in [4.69, 9.17) is 4.84 Å². The Hall–Kier alpha value is -3.02. The highest BCUT2D eigenvalue weighted by Crippen LogP contribution is 2.19. The van der Waals surface area contributed by atoms with E-state index >= 15 is 0 Å². The number of nitrogens with zero attached hydrogens (tertiary/aromatic N) is 3. The first-order chi connectivity index (χ1) is 13.6. The molecule has 0 aliphatic heterocycles. The summed E-state index contributed by atoms with van der Waals surface area (Å²) in [7, 11) is -1.21. The number of H-pyrrole nitrogens is 1. The van der Waals surface area contributed by atoms with Crippen molar-refractivity contribution in [3.05, 3.63) is 57.6 Å². The van der Waals surface area contributed by atoms with Crippen molar-refractivity contribution in [2.75, 3.05) is 19.5 Å². The summed E-state index contributed by atoms with van der Waals surface area (Å²) in [4.78, 5) is 33.2. The van der Waals surface area contributed by atoms with Crippen LogP contribution in [0.1, 0.15) is 17.0 Å². The molecule has 3 aromatic rings. The highest BCUT2D eigenvalue weighted by molar-refractivity contribution is 7.89. The van der Waals surface area contributed by atoms with E-state index in [2.05, 4.69) is 15.4 Å². The Morgan fingerprint density at radius 2 is 1.93 bits per heavy atom. The minimum atomic E-state index is -3.75. The molecule has 1 aromatic carbocycles. The first-order valence-corrected chi connectivity index (χ1v) is 10.1. The van der Waals surface area contributed by atoms with E-state index in [-0.39, 0.29) is 22.8 Å². The normalized spacial score (nSPS) is 11.9. The van der Waals surface area contributed by atoms with Crippen LogP contribution in [0.5, 0.6) is 0 Å². The van der Waals surface area contributed by atoms with Gasteiger partial charge in [0.15, 0.2) is 5.65 Å². The summed E-state index contributed by atoms with van der Waals surface area (Å²) in [5.41, 5.74) is 2.74. The largest absolute Gasteiger partial charge is 0.326 e. The predicted octanol–water partition coefficient (Wildman–Crippen LogP) is 1.00. The summed E-state index contributed by atoms with van der Waals surface area (Å²) in [6.45, 7) is 3.57. The van der Waals surface area contributed by atoms with Crippen LogP contribution in [0, 0.1) is 13.8 Å². The molecule has 1 amide bonds. The number of amides is 1. The number of hydroxylamine groups is 1. The van der Waals surface area contributed by atoms with Gasteiger partial charge in [-0.1, -0.05) is 4.47 Å². The Labute approximate surface area is 167 Å². The Morgan fingerprint density at radius 3 is 2.55 bits per heavy atom. The number of rotatable bonds is 6. The van der Waals surface area contributed by atoms with E-state index in [1.165, 1.54) is 44.5 Å². The van der Waals surface area contributed by atoms with Crippen LogP contribution in [-0.2, 0) is 26.1 Å². The van der Waals surface area contributed by atoms with Crippen LogP contribution in [0.3, 0.4) is 0 Å². The molecule has 2 N–H and O–H groups in total. The van der Waals surface area contributed by atoms with E-state index in [1.807, 2.05) is 0 Å². The Kier molecular flexibility index (Phi) is 5.55. The van der Waals surface area contributed by atoms with Gasteiger partial charge >= 0.3 is 0 Å². The summed E-state index contributed by atoms with van der Waals surface area (Å²) in [6.07, 6.45) is 0.0489. The van der Waals surface area contributed by atoms with Crippen molar-refractivity contribution < 1.29 is 18.0 Å². The van der Waals surface area contributed by atoms with Gasteiger partial charge in [0.2, 0.25) is 5.91 Å². The molecule has 0 saturated carbocycles. The van der Waals surface area contributed by atoms with E-state index in [0.29, 0.717) is 28.3 Å². The third-order valence-electron chi connectivity index (χ3n) is 4.57. The summed E-state index contributed by atoms with van der Waals surface area (Å²) in [5, 5.41) is 5.38. The number of nitrogens with one attached hydrogen (secondary N) is 2. The van der Waals surface area contributed by atoms with Gasteiger partial charge in [0.05, 0.1) is 18.4 Å². The van der Waals surface area contributed by atoms with Crippen LogP contribution in [0.4, 0.5) is 5.69 Å². The average Bonchev–Trinajstić information content (AvgIpc) is 3.05. The number of benzene rings is 1. The lowest BCUT2D eigenvalue weighted by Gasteiger charge is -2.14. The van der Waals surface area contributed by atoms with Gasteiger partial charge in [-0.25, -0.2) is 17.9 Å². The number of aryl methyl sites for hydroxylation is 2. The topological polar surface area (TPSA) is 126 Å². The average molecular weight is 419 g/mol. The minimum absolute atomic E-state index is 0.0396. The van der Waals surface area contributed by atoms with Gasteiger partial charge in [0.1, 0.15) is 0 Å². The molecule has 0 saturated heterocycles. The van der Waals surface area contributed by atoms with E-state index in [0.717, 1.165) is 4.47 Å². The van der Waals surface area contributed by atoms with Crippen molar-refractivity contribution in [3.63, 3.8) is 0 Å². The van der Waals surface area contributed by atoms with Gasteiger partial charge in [-0.3, -0.25) is 19.5 Å². The summed E-state index contributed by atoms with van der Waals surface area (Å²) in [6, 6.07) is 7.16. The molecule has 2 aromatic heterocycles. The third kappa shape index (κ3) is 4.06. The summed E-state index contributed by atoms with van der Waals surface area (Å²) < 4.78 is 26.7. The van der Waals surface area contributed by atoms with Crippen molar-refractivity contribution in [2.45, 2.75) is 25.2 Å². The molecule has 0 spiro atoms. The van der Waals surface area contributed by atoms with Crippen molar-refractivity contribution >= 4 is 27.3 Å². The molecule has 10 nitrogen and oxygen atoms in total. The molecule has 0 radical (unpaired) electrons. The van der Waals surface area contributed by atoms with Crippen molar-refractivity contribution in [2.24, 2.45) is 0 Å². The van der Waals surface area contributed by atoms with Gasteiger partial charge in [-0.2, -0.15) is 0 Å². The zero-order valence-corrected chi connectivity index (χ0v) is 17.2. The quantitative estimate of drug-likeness (QED) is 0.574. The van der Waals surface area contributed by atoms with Gasteiger partial charge in [0, 0.05) is 35.8 Å². The maximum absolute atomic E-state index is 12.5. The zero-order valence-electron chi connectivity index (χ0n) is 16.4. The lowest BCUT2D eigenvalue weighted by Crippen LogP contribution is -2.25. The van der Waals surface area contributed by atoms with Crippen molar-refractivity contribution in [1.29, 1.82) is 0 Å². The fraction of sp³-hybridized carbons (Fsp3) is 0.278. The fourth-order valence-electron chi connectivity index (χ4n) is 2.93.